The number of hydrogen-bond acceptors (Lipinski definition) is 7. The van der Waals surface area contributed by atoms with E-state index in [1.54, 1.807) is 0 Å². The summed E-state index contributed by atoms with van der Waals surface area (Å²) >= 11 is 0. The maximum absolute atomic E-state index is 10.8. The second-order valence-electron chi connectivity index (χ2n) is 3.65. The first-order valence-corrected chi connectivity index (χ1v) is 4.64. The largest absolute Gasteiger partial charge is 0.394 e. The van der Waals surface area contributed by atoms with Crippen LogP contribution in [0.1, 0.15) is 6.92 Å². The van der Waals surface area contributed by atoms with Crippen molar-refractivity contribution in [1.29, 1.82) is 0 Å². The molecule has 0 aromatic carbocycles. The van der Waals surface area contributed by atoms with Gasteiger partial charge in [0.25, 0.3) is 0 Å². The second kappa shape index (κ2) is 4.62. The molecule has 5 atom stereocenters. The van der Waals surface area contributed by atoms with Crippen LogP contribution in [-0.2, 0) is 9.53 Å². The van der Waals surface area contributed by atoms with Crippen molar-refractivity contribution in [3.05, 3.63) is 0 Å². The molecule has 94 valence electrons. The van der Waals surface area contributed by atoms with Gasteiger partial charge in [0.05, 0.1) is 6.61 Å². The minimum Gasteiger partial charge on any atom is -0.394 e. The van der Waals surface area contributed by atoms with Crippen molar-refractivity contribution in [1.82, 2.24) is 5.32 Å². The van der Waals surface area contributed by atoms with Gasteiger partial charge in [-0.3, -0.25) is 4.79 Å². The molecule has 0 aliphatic carbocycles. The zero-order valence-electron chi connectivity index (χ0n) is 8.57. The van der Waals surface area contributed by atoms with Crippen molar-refractivity contribution in [2.45, 2.75) is 37.3 Å². The lowest BCUT2D eigenvalue weighted by atomic mass is 9.93. The highest BCUT2D eigenvalue weighted by atomic mass is 16.6. The zero-order chi connectivity index (χ0) is 12.5. The molecule has 1 aliphatic rings. The monoisotopic (exact) mass is 237 g/mol. The number of amides is 1. The summed E-state index contributed by atoms with van der Waals surface area (Å²) in [7, 11) is 0. The summed E-state index contributed by atoms with van der Waals surface area (Å²) in [5.41, 5.74) is -2.50. The van der Waals surface area contributed by atoms with Crippen LogP contribution in [0.15, 0.2) is 0 Å². The Balaban J connectivity index is 2.90. The Labute approximate surface area is 91.1 Å². The van der Waals surface area contributed by atoms with E-state index >= 15 is 0 Å². The fourth-order valence-corrected chi connectivity index (χ4v) is 1.53. The van der Waals surface area contributed by atoms with Gasteiger partial charge < -0.3 is 35.6 Å². The van der Waals surface area contributed by atoms with E-state index in [-0.39, 0.29) is 0 Å². The predicted molar refractivity (Wildman–Crippen MR) is 48.7 cm³/mol. The topological polar surface area (TPSA) is 139 Å². The van der Waals surface area contributed by atoms with Crippen LogP contribution in [0.2, 0.25) is 0 Å². The molecule has 1 saturated heterocycles. The first kappa shape index (κ1) is 13.3. The molecule has 0 aromatic heterocycles. The Morgan fingerprint density at radius 3 is 2.44 bits per heavy atom. The average molecular weight is 237 g/mol. The number of carbonyl (C=O) groups excluding carboxylic acids is 1. The van der Waals surface area contributed by atoms with Gasteiger partial charge in [0, 0.05) is 6.92 Å². The van der Waals surface area contributed by atoms with Crippen molar-refractivity contribution in [2.24, 2.45) is 0 Å². The number of ether oxygens (including phenoxy) is 1. The summed E-state index contributed by atoms with van der Waals surface area (Å²) in [6, 6.07) is 0. The van der Waals surface area contributed by atoms with Crippen molar-refractivity contribution in [3.63, 3.8) is 0 Å². The third kappa shape index (κ3) is 2.17. The highest BCUT2D eigenvalue weighted by Crippen LogP contribution is 2.26. The van der Waals surface area contributed by atoms with Gasteiger partial charge in [-0.25, -0.2) is 0 Å². The van der Waals surface area contributed by atoms with E-state index in [4.69, 9.17) is 5.11 Å². The van der Waals surface area contributed by atoms with E-state index in [0.29, 0.717) is 0 Å². The quantitative estimate of drug-likeness (QED) is 0.271. The van der Waals surface area contributed by atoms with Crippen molar-refractivity contribution < 1.29 is 35.1 Å². The Morgan fingerprint density at radius 1 is 1.44 bits per heavy atom. The van der Waals surface area contributed by atoms with Crippen LogP contribution in [0.5, 0.6) is 0 Å². The van der Waals surface area contributed by atoms with E-state index in [9.17, 15) is 25.2 Å². The Hall–Kier alpha value is -0.770. The van der Waals surface area contributed by atoms with E-state index in [1.165, 1.54) is 0 Å². The van der Waals surface area contributed by atoms with E-state index in [1.807, 2.05) is 5.32 Å². The molecule has 8 nitrogen and oxygen atoms in total. The summed E-state index contributed by atoms with van der Waals surface area (Å²) in [5, 5.41) is 48.8. The molecule has 1 rings (SSSR count). The number of aliphatic hydroxyl groups is 5. The number of hydrogen-bond donors (Lipinski definition) is 6. The molecule has 0 radical (unpaired) electrons. The first-order valence-electron chi connectivity index (χ1n) is 4.64. The summed E-state index contributed by atoms with van der Waals surface area (Å²) in [5.74, 6) is -0.723. The smallest absolute Gasteiger partial charge is 0.219 e. The van der Waals surface area contributed by atoms with Crippen LogP contribution < -0.4 is 5.32 Å². The fourth-order valence-electron chi connectivity index (χ4n) is 1.53. The summed E-state index contributed by atoms with van der Waals surface area (Å²) in [6.07, 6.45) is -6.70. The third-order valence-corrected chi connectivity index (χ3v) is 2.39. The molecule has 6 N–H and O–H groups in total. The van der Waals surface area contributed by atoms with Gasteiger partial charge in [-0.2, -0.15) is 0 Å². The molecule has 1 aliphatic heterocycles. The number of aliphatic hydroxyl groups excluding tert-OH is 4. The van der Waals surface area contributed by atoms with Crippen molar-refractivity contribution in [2.75, 3.05) is 6.61 Å². The predicted octanol–water partition coefficient (Wildman–Crippen LogP) is -3.76. The summed E-state index contributed by atoms with van der Waals surface area (Å²) < 4.78 is 4.67. The molecule has 0 bridgehead atoms. The van der Waals surface area contributed by atoms with E-state index < -0.39 is 42.8 Å². The average Bonchev–Trinajstić information content (AvgIpc) is 2.20. The van der Waals surface area contributed by atoms with Crippen molar-refractivity contribution in [3.8, 4) is 0 Å². The maximum Gasteiger partial charge on any atom is 0.219 e. The van der Waals surface area contributed by atoms with Gasteiger partial charge in [-0.05, 0) is 0 Å². The van der Waals surface area contributed by atoms with Gasteiger partial charge in [-0.15, -0.1) is 0 Å². The van der Waals surface area contributed by atoms with Gasteiger partial charge in [0.15, 0.2) is 0 Å². The maximum atomic E-state index is 10.8. The van der Waals surface area contributed by atoms with Crippen molar-refractivity contribution >= 4 is 5.91 Å². The van der Waals surface area contributed by atoms with E-state index in [0.717, 1.165) is 6.92 Å². The van der Waals surface area contributed by atoms with Crippen LogP contribution in [0, 0.1) is 0 Å². The second-order valence-corrected chi connectivity index (χ2v) is 3.65. The fraction of sp³-hybridized carbons (Fsp3) is 0.875. The molecule has 8 heteroatoms. The first-order chi connectivity index (χ1) is 7.32. The van der Waals surface area contributed by atoms with Gasteiger partial charge in [0.2, 0.25) is 17.9 Å². The molecule has 0 aromatic rings. The lowest BCUT2D eigenvalue weighted by molar-refractivity contribution is -0.335. The number of rotatable bonds is 2. The molecule has 16 heavy (non-hydrogen) atoms. The SMILES string of the molecule is CC(=O)N[C@]1(O)[C@H](O)O[C@H](CO)[C@@H](O)[C@@H]1O. The van der Waals surface area contributed by atoms with Crippen LogP contribution in [0.25, 0.3) is 0 Å². The van der Waals surface area contributed by atoms with Crippen LogP contribution in [-0.4, -0.2) is 68.4 Å². The third-order valence-electron chi connectivity index (χ3n) is 2.39. The molecular formula is C8H15NO7. The van der Waals surface area contributed by atoms with Gasteiger partial charge >= 0.3 is 0 Å². The highest BCUT2D eigenvalue weighted by molar-refractivity contribution is 5.73. The normalized spacial score (nSPS) is 44.1. The number of carbonyl (C=O) groups is 1. The standard InChI is InChI=1S/C8H15NO7/c1-3(11)9-8(15)6(13)5(12)4(2-10)16-7(8)14/h4-7,10,12-15H,2H2,1H3,(H,9,11)/t4-,5-,6+,7-,8-/m1/s1. The molecular weight excluding hydrogens is 222 g/mol. The highest BCUT2D eigenvalue weighted by Gasteiger charge is 2.55. The van der Waals surface area contributed by atoms with Crippen LogP contribution >= 0.6 is 0 Å². The summed E-state index contributed by atoms with van der Waals surface area (Å²) in [6.45, 7) is 0.410. The zero-order valence-corrected chi connectivity index (χ0v) is 8.57. The Kier molecular flexibility index (Phi) is 3.84. The molecule has 1 heterocycles. The molecule has 0 spiro atoms. The molecule has 0 unspecified atom stereocenters. The molecule has 1 fully saturated rings. The Bertz CT molecular complexity index is 273. The molecule has 1 amide bonds. The van der Waals surface area contributed by atoms with Crippen LogP contribution in [0.4, 0.5) is 0 Å². The van der Waals surface area contributed by atoms with Gasteiger partial charge in [-0.1, -0.05) is 0 Å². The lowest BCUT2D eigenvalue weighted by Crippen LogP contribution is -2.73. The van der Waals surface area contributed by atoms with Crippen LogP contribution in [0.3, 0.4) is 0 Å². The molecule has 0 saturated carbocycles. The minimum absolute atomic E-state index is 0.647. The van der Waals surface area contributed by atoms with Gasteiger partial charge in [0.1, 0.15) is 18.3 Å². The lowest BCUT2D eigenvalue weighted by Gasteiger charge is -2.45. The number of nitrogens with one attached hydrogen (secondary N) is 1. The van der Waals surface area contributed by atoms with E-state index in [2.05, 4.69) is 4.74 Å². The Morgan fingerprint density at radius 2 is 2.00 bits per heavy atom. The minimum atomic E-state index is -2.50. The summed E-state index contributed by atoms with van der Waals surface area (Å²) in [4.78, 5) is 10.8.